The number of benzene rings is 2. The molecule has 2 nitrogen and oxygen atoms in total. The summed E-state index contributed by atoms with van der Waals surface area (Å²) in [7, 11) is 0. The van der Waals surface area contributed by atoms with Gasteiger partial charge in [-0.1, -0.05) is 60.2 Å². The van der Waals surface area contributed by atoms with Crippen LogP contribution in [0.1, 0.15) is 29.5 Å². The van der Waals surface area contributed by atoms with E-state index < -0.39 is 0 Å². The Labute approximate surface area is 134 Å². The fourth-order valence-electron chi connectivity index (χ4n) is 3.18. The molecule has 2 aromatic rings. The van der Waals surface area contributed by atoms with E-state index in [1.807, 2.05) is 0 Å². The average Bonchev–Trinajstić information content (AvgIpc) is 2.57. The molecule has 1 heterocycles. The molecule has 0 radical (unpaired) electrons. The maximum absolute atomic E-state index is 3.72. The first-order valence-electron chi connectivity index (χ1n) is 8.35. The van der Waals surface area contributed by atoms with Crippen LogP contribution in [-0.4, -0.2) is 24.0 Å². The summed E-state index contributed by atoms with van der Waals surface area (Å²) < 4.78 is 0. The summed E-state index contributed by atoms with van der Waals surface area (Å²) in [5, 5.41) is 3.72. The van der Waals surface area contributed by atoms with Crippen LogP contribution in [0.15, 0.2) is 54.6 Å². The summed E-state index contributed by atoms with van der Waals surface area (Å²) in [6.45, 7) is 6.57. The van der Waals surface area contributed by atoms with Gasteiger partial charge in [0.25, 0.3) is 0 Å². The summed E-state index contributed by atoms with van der Waals surface area (Å²) in [6.07, 6.45) is 2.58. The standard InChI is InChI=1S/C20H26N2/c1-17-9-11-19(12-10-17)15-22-13-5-8-20(16-22)21-14-18-6-3-2-4-7-18/h2-4,6-7,9-12,20-21H,5,8,13-16H2,1H3. The van der Waals surface area contributed by atoms with Gasteiger partial charge in [-0.05, 0) is 37.4 Å². The lowest BCUT2D eigenvalue weighted by Crippen LogP contribution is -2.45. The molecule has 2 aromatic carbocycles. The number of rotatable bonds is 5. The smallest absolute Gasteiger partial charge is 0.0234 e. The van der Waals surface area contributed by atoms with Crippen LogP contribution >= 0.6 is 0 Å². The molecule has 1 N–H and O–H groups in total. The maximum atomic E-state index is 3.72. The molecule has 0 aromatic heterocycles. The molecule has 1 aliphatic heterocycles. The minimum atomic E-state index is 0.611. The van der Waals surface area contributed by atoms with E-state index in [1.54, 1.807) is 0 Å². The largest absolute Gasteiger partial charge is 0.309 e. The molecule has 1 atom stereocenters. The van der Waals surface area contributed by atoms with Gasteiger partial charge in [-0.3, -0.25) is 4.90 Å². The Morgan fingerprint density at radius 1 is 1.00 bits per heavy atom. The molecular weight excluding hydrogens is 268 g/mol. The predicted octanol–water partition coefficient (Wildman–Crippen LogP) is 3.75. The Morgan fingerprint density at radius 2 is 1.77 bits per heavy atom. The highest BCUT2D eigenvalue weighted by atomic mass is 15.2. The van der Waals surface area contributed by atoms with Crippen LogP contribution in [0, 0.1) is 6.92 Å². The highest BCUT2D eigenvalue weighted by molar-refractivity contribution is 5.21. The molecule has 0 bridgehead atoms. The Hall–Kier alpha value is -1.64. The van der Waals surface area contributed by atoms with E-state index in [0.29, 0.717) is 6.04 Å². The highest BCUT2D eigenvalue weighted by Crippen LogP contribution is 2.15. The highest BCUT2D eigenvalue weighted by Gasteiger charge is 2.19. The zero-order valence-electron chi connectivity index (χ0n) is 13.5. The Morgan fingerprint density at radius 3 is 2.55 bits per heavy atom. The molecule has 1 saturated heterocycles. The normalized spacial score (nSPS) is 19.2. The van der Waals surface area contributed by atoms with E-state index in [0.717, 1.165) is 19.6 Å². The maximum Gasteiger partial charge on any atom is 0.0234 e. The van der Waals surface area contributed by atoms with Gasteiger partial charge < -0.3 is 5.32 Å². The van der Waals surface area contributed by atoms with E-state index in [1.165, 1.54) is 36.1 Å². The molecule has 1 aliphatic rings. The second-order valence-electron chi connectivity index (χ2n) is 6.43. The molecule has 1 unspecified atom stereocenters. The number of nitrogens with one attached hydrogen (secondary N) is 1. The van der Waals surface area contributed by atoms with E-state index in [-0.39, 0.29) is 0 Å². The quantitative estimate of drug-likeness (QED) is 0.903. The molecule has 1 fully saturated rings. The van der Waals surface area contributed by atoms with Gasteiger partial charge in [0.2, 0.25) is 0 Å². The fraction of sp³-hybridized carbons (Fsp3) is 0.400. The molecule has 0 saturated carbocycles. The SMILES string of the molecule is Cc1ccc(CN2CCCC(NCc3ccccc3)C2)cc1. The number of hydrogen-bond donors (Lipinski definition) is 1. The van der Waals surface area contributed by atoms with Crippen LogP contribution < -0.4 is 5.32 Å². The van der Waals surface area contributed by atoms with Crippen molar-refractivity contribution < 1.29 is 0 Å². The molecular formula is C20H26N2. The van der Waals surface area contributed by atoms with Crippen LogP contribution in [0.4, 0.5) is 0 Å². The first-order valence-corrected chi connectivity index (χ1v) is 8.35. The number of likely N-dealkylation sites (tertiary alicyclic amines) is 1. The third-order valence-electron chi connectivity index (χ3n) is 4.47. The van der Waals surface area contributed by atoms with Crippen LogP contribution in [0.5, 0.6) is 0 Å². The van der Waals surface area contributed by atoms with Crippen molar-refractivity contribution in [3.8, 4) is 0 Å². The third-order valence-corrected chi connectivity index (χ3v) is 4.47. The second-order valence-corrected chi connectivity index (χ2v) is 6.43. The molecule has 0 amide bonds. The molecule has 22 heavy (non-hydrogen) atoms. The van der Waals surface area contributed by atoms with Gasteiger partial charge in [-0.15, -0.1) is 0 Å². The minimum Gasteiger partial charge on any atom is -0.309 e. The second kappa shape index (κ2) is 7.57. The van der Waals surface area contributed by atoms with Crippen molar-refractivity contribution in [1.29, 1.82) is 0 Å². The lowest BCUT2D eigenvalue weighted by molar-refractivity contribution is 0.182. The third kappa shape index (κ3) is 4.43. The Balaban J connectivity index is 1.49. The van der Waals surface area contributed by atoms with E-state index in [2.05, 4.69) is 71.7 Å². The van der Waals surface area contributed by atoms with Crippen molar-refractivity contribution in [1.82, 2.24) is 10.2 Å². The molecule has 116 valence electrons. The van der Waals surface area contributed by atoms with Crippen molar-refractivity contribution in [3.63, 3.8) is 0 Å². The summed E-state index contributed by atoms with van der Waals surface area (Å²) in [5.74, 6) is 0. The van der Waals surface area contributed by atoms with Crippen molar-refractivity contribution in [2.75, 3.05) is 13.1 Å². The van der Waals surface area contributed by atoms with Crippen LogP contribution in [-0.2, 0) is 13.1 Å². The van der Waals surface area contributed by atoms with Gasteiger partial charge >= 0.3 is 0 Å². The van der Waals surface area contributed by atoms with Crippen molar-refractivity contribution >= 4 is 0 Å². The van der Waals surface area contributed by atoms with Gasteiger partial charge in [0.1, 0.15) is 0 Å². The molecule has 3 rings (SSSR count). The van der Waals surface area contributed by atoms with Gasteiger partial charge in [0, 0.05) is 25.7 Å². The van der Waals surface area contributed by atoms with Crippen LogP contribution in [0.2, 0.25) is 0 Å². The Bertz CT molecular complexity index is 562. The molecule has 0 aliphatic carbocycles. The van der Waals surface area contributed by atoms with E-state index in [9.17, 15) is 0 Å². The van der Waals surface area contributed by atoms with Crippen molar-refractivity contribution in [3.05, 3.63) is 71.3 Å². The van der Waals surface area contributed by atoms with Crippen LogP contribution in [0.3, 0.4) is 0 Å². The fourth-order valence-corrected chi connectivity index (χ4v) is 3.18. The van der Waals surface area contributed by atoms with Gasteiger partial charge in [-0.2, -0.15) is 0 Å². The van der Waals surface area contributed by atoms with E-state index >= 15 is 0 Å². The van der Waals surface area contributed by atoms with Gasteiger partial charge in [0.15, 0.2) is 0 Å². The summed E-state index contributed by atoms with van der Waals surface area (Å²) in [6, 6.07) is 20.2. The summed E-state index contributed by atoms with van der Waals surface area (Å²) in [5.41, 5.74) is 4.14. The monoisotopic (exact) mass is 294 g/mol. The predicted molar refractivity (Wildman–Crippen MR) is 92.8 cm³/mol. The first kappa shape index (κ1) is 15.3. The zero-order valence-corrected chi connectivity index (χ0v) is 13.5. The van der Waals surface area contributed by atoms with Gasteiger partial charge in [-0.25, -0.2) is 0 Å². The number of aryl methyl sites for hydroxylation is 1. The van der Waals surface area contributed by atoms with Gasteiger partial charge in [0.05, 0.1) is 0 Å². The number of hydrogen-bond acceptors (Lipinski definition) is 2. The van der Waals surface area contributed by atoms with Crippen molar-refractivity contribution in [2.45, 2.75) is 38.9 Å². The average molecular weight is 294 g/mol. The minimum absolute atomic E-state index is 0.611. The first-order chi connectivity index (χ1) is 10.8. The summed E-state index contributed by atoms with van der Waals surface area (Å²) >= 11 is 0. The number of nitrogens with zero attached hydrogens (tertiary/aromatic N) is 1. The lowest BCUT2D eigenvalue weighted by atomic mass is 10.0. The Kier molecular flexibility index (Phi) is 5.25. The topological polar surface area (TPSA) is 15.3 Å². The van der Waals surface area contributed by atoms with Crippen molar-refractivity contribution in [2.24, 2.45) is 0 Å². The molecule has 0 spiro atoms. The molecule has 2 heteroatoms. The van der Waals surface area contributed by atoms with Crippen LogP contribution in [0.25, 0.3) is 0 Å². The lowest BCUT2D eigenvalue weighted by Gasteiger charge is -2.33. The zero-order chi connectivity index (χ0) is 15.2. The number of piperidine rings is 1. The summed E-state index contributed by atoms with van der Waals surface area (Å²) in [4.78, 5) is 2.58. The van der Waals surface area contributed by atoms with E-state index in [4.69, 9.17) is 0 Å².